The van der Waals surface area contributed by atoms with Gasteiger partial charge in [-0.1, -0.05) is 6.07 Å². The minimum atomic E-state index is 0.0979. The summed E-state index contributed by atoms with van der Waals surface area (Å²) in [7, 11) is 2.16. The van der Waals surface area contributed by atoms with Gasteiger partial charge in [-0.15, -0.1) is 11.3 Å². The van der Waals surface area contributed by atoms with Crippen molar-refractivity contribution in [2.24, 2.45) is 0 Å². The molecule has 0 amide bonds. The average molecular weight is 462 g/mol. The molecule has 33 heavy (non-hydrogen) atoms. The summed E-state index contributed by atoms with van der Waals surface area (Å²) in [5.41, 5.74) is 6.22. The summed E-state index contributed by atoms with van der Waals surface area (Å²) >= 11 is 1.62. The first-order chi connectivity index (χ1) is 15.6. The molecule has 0 aliphatic carbocycles. The van der Waals surface area contributed by atoms with Crippen LogP contribution in [0.15, 0.2) is 46.6 Å². The highest BCUT2D eigenvalue weighted by atomic mass is 32.1. The van der Waals surface area contributed by atoms with E-state index in [0.717, 1.165) is 51.3 Å². The molecular weight excluding hydrogens is 430 g/mol. The third-order valence-electron chi connectivity index (χ3n) is 6.51. The molecule has 1 fully saturated rings. The Morgan fingerprint density at radius 2 is 1.70 bits per heavy atom. The number of thiazole rings is 1. The Kier molecular flexibility index (Phi) is 5.29. The van der Waals surface area contributed by atoms with Gasteiger partial charge in [0.2, 0.25) is 0 Å². The number of fused-ring (bicyclic) bond motifs is 1. The molecule has 3 aromatic heterocycles. The lowest BCUT2D eigenvalue weighted by atomic mass is 9.79. The van der Waals surface area contributed by atoms with Gasteiger partial charge in [-0.3, -0.25) is 0 Å². The van der Waals surface area contributed by atoms with Crippen LogP contribution in [0, 0.1) is 6.92 Å². The average Bonchev–Trinajstić information content (AvgIpc) is 3.40. The third kappa shape index (κ3) is 4.27. The zero-order chi connectivity index (χ0) is 23.4. The van der Waals surface area contributed by atoms with Crippen molar-refractivity contribution in [3.63, 3.8) is 0 Å². The van der Waals surface area contributed by atoms with Crippen LogP contribution in [0.5, 0.6) is 0 Å². The first-order valence-electron chi connectivity index (χ1n) is 11.4. The van der Waals surface area contributed by atoms with Crippen molar-refractivity contribution in [3.05, 3.63) is 48.1 Å². The van der Waals surface area contributed by atoms with Gasteiger partial charge in [-0.25, -0.2) is 15.0 Å². The molecule has 1 aliphatic heterocycles. The third-order valence-corrected chi connectivity index (χ3v) is 7.37. The van der Waals surface area contributed by atoms with Gasteiger partial charge in [0, 0.05) is 54.0 Å². The summed E-state index contributed by atoms with van der Waals surface area (Å²) in [6, 6.07) is 8.92. The van der Waals surface area contributed by atoms with Crippen molar-refractivity contribution in [1.82, 2.24) is 20.3 Å². The quantitative estimate of drug-likeness (QED) is 0.398. The zero-order valence-corrected chi connectivity index (χ0v) is 21.0. The van der Waals surface area contributed by atoms with E-state index in [1.54, 1.807) is 17.5 Å². The molecule has 4 heterocycles. The molecule has 5 rings (SSSR count). The molecule has 0 bridgehead atoms. The molecule has 4 aromatic rings. The molecule has 1 N–H and O–H groups in total. The van der Waals surface area contributed by atoms with Crippen molar-refractivity contribution >= 4 is 27.4 Å². The number of aromatic nitrogens is 3. The van der Waals surface area contributed by atoms with Gasteiger partial charge in [0.05, 0.1) is 21.9 Å². The number of nitrogens with zero attached hydrogens (tertiary/aromatic N) is 4. The lowest BCUT2D eigenvalue weighted by Gasteiger charge is -2.49. The number of nitrogens with one attached hydrogen (secondary N) is 1. The largest absolute Gasteiger partial charge is 0.441 e. The summed E-state index contributed by atoms with van der Waals surface area (Å²) < 4.78 is 6.87. The van der Waals surface area contributed by atoms with Gasteiger partial charge in [0.15, 0.2) is 11.7 Å². The number of hydrogen-bond donors (Lipinski definition) is 1. The predicted octanol–water partition coefficient (Wildman–Crippen LogP) is 6.07. The molecule has 0 spiro atoms. The van der Waals surface area contributed by atoms with Crippen LogP contribution in [-0.2, 0) is 0 Å². The second-order valence-corrected chi connectivity index (χ2v) is 11.3. The molecular formula is C26H31N5OS. The summed E-state index contributed by atoms with van der Waals surface area (Å²) in [4.78, 5) is 16.1. The summed E-state index contributed by atoms with van der Waals surface area (Å²) in [6.45, 7) is 11.0. The maximum absolute atomic E-state index is 5.77. The molecule has 0 radical (unpaired) electrons. The molecule has 1 saturated heterocycles. The van der Waals surface area contributed by atoms with E-state index in [1.807, 2.05) is 18.6 Å². The molecule has 6 nitrogen and oxygen atoms in total. The van der Waals surface area contributed by atoms with E-state index in [-0.39, 0.29) is 11.1 Å². The maximum atomic E-state index is 5.77. The van der Waals surface area contributed by atoms with E-state index in [2.05, 4.69) is 79.2 Å². The van der Waals surface area contributed by atoms with Crippen LogP contribution in [-0.4, -0.2) is 39.1 Å². The minimum absolute atomic E-state index is 0.0979. The Morgan fingerprint density at radius 1 is 0.970 bits per heavy atom. The number of anilines is 1. The van der Waals surface area contributed by atoms with Gasteiger partial charge >= 0.3 is 0 Å². The first kappa shape index (κ1) is 22.0. The SMILES string of the molecule is Cc1ncc(-c2ccc(-c3ccc(N(C)C4CC(C)(C)NC(C)(C)C4)nc3)c3ncsc23)o1. The predicted molar refractivity (Wildman–Crippen MR) is 136 cm³/mol. The van der Waals surface area contributed by atoms with Gasteiger partial charge in [-0.2, -0.15) is 0 Å². The van der Waals surface area contributed by atoms with Crippen LogP contribution in [0.25, 0.3) is 32.7 Å². The number of hydrogen-bond acceptors (Lipinski definition) is 7. The number of oxazole rings is 1. The van der Waals surface area contributed by atoms with Crippen LogP contribution < -0.4 is 10.2 Å². The number of aryl methyl sites for hydroxylation is 1. The Bertz CT molecular complexity index is 1270. The molecule has 0 saturated carbocycles. The topological polar surface area (TPSA) is 67.1 Å². The second-order valence-electron chi connectivity index (χ2n) is 10.4. The van der Waals surface area contributed by atoms with E-state index >= 15 is 0 Å². The Labute approximate surface area is 199 Å². The lowest BCUT2D eigenvalue weighted by molar-refractivity contribution is 0.160. The maximum Gasteiger partial charge on any atom is 0.191 e. The van der Waals surface area contributed by atoms with Crippen molar-refractivity contribution in [1.29, 1.82) is 0 Å². The van der Waals surface area contributed by atoms with Crippen LogP contribution in [0.4, 0.5) is 5.82 Å². The summed E-state index contributed by atoms with van der Waals surface area (Å²) in [5.74, 6) is 2.44. The van der Waals surface area contributed by atoms with E-state index in [1.165, 1.54) is 0 Å². The molecule has 1 aromatic carbocycles. The number of rotatable bonds is 4. The zero-order valence-electron chi connectivity index (χ0n) is 20.1. The van der Waals surface area contributed by atoms with Gasteiger partial charge in [-0.05, 0) is 58.7 Å². The molecule has 0 atom stereocenters. The Balaban J connectivity index is 1.44. The fraction of sp³-hybridized carbons (Fsp3) is 0.423. The second kappa shape index (κ2) is 7.92. The molecule has 1 aliphatic rings. The fourth-order valence-corrected chi connectivity index (χ4v) is 6.18. The smallest absolute Gasteiger partial charge is 0.191 e. The number of benzene rings is 1. The van der Waals surface area contributed by atoms with Crippen LogP contribution in [0.1, 0.15) is 46.4 Å². The van der Waals surface area contributed by atoms with Crippen molar-refractivity contribution in [3.8, 4) is 22.5 Å². The van der Waals surface area contributed by atoms with Crippen LogP contribution >= 0.6 is 11.3 Å². The van der Waals surface area contributed by atoms with Crippen molar-refractivity contribution in [2.45, 2.75) is 64.6 Å². The molecule has 7 heteroatoms. The van der Waals surface area contributed by atoms with Crippen LogP contribution in [0.2, 0.25) is 0 Å². The first-order valence-corrected chi connectivity index (χ1v) is 12.3. The van der Waals surface area contributed by atoms with Crippen molar-refractivity contribution in [2.75, 3.05) is 11.9 Å². The summed E-state index contributed by atoms with van der Waals surface area (Å²) in [5, 5.41) is 3.77. The number of pyridine rings is 1. The van der Waals surface area contributed by atoms with E-state index in [4.69, 9.17) is 9.40 Å². The highest BCUT2D eigenvalue weighted by Gasteiger charge is 2.39. The van der Waals surface area contributed by atoms with E-state index in [9.17, 15) is 0 Å². The van der Waals surface area contributed by atoms with E-state index in [0.29, 0.717) is 11.9 Å². The molecule has 0 unspecified atom stereocenters. The monoisotopic (exact) mass is 461 g/mol. The van der Waals surface area contributed by atoms with Gasteiger partial charge in [0.25, 0.3) is 0 Å². The van der Waals surface area contributed by atoms with Crippen LogP contribution in [0.3, 0.4) is 0 Å². The minimum Gasteiger partial charge on any atom is -0.441 e. The lowest BCUT2D eigenvalue weighted by Crippen LogP contribution is -2.62. The highest BCUT2D eigenvalue weighted by Crippen LogP contribution is 2.38. The molecule has 172 valence electrons. The number of piperidine rings is 1. The Morgan fingerprint density at radius 3 is 2.33 bits per heavy atom. The normalized spacial score (nSPS) is 18.0. The van der Waals surface area contributed by atoms with Gasteiger partial charge < -0.3 is 14.6 Å². The standard InChI is InChI=1S/C26H31N5OS/c1-16-27-14-21(32-16)20-9-8-19(23-24(20)33-15-29-23)17-7-10-22(28-13-17)31(6)18-11-25(2,3)30-26(4,5)12-18/h7-10,13-15,18,30H,11-12H2,1-6H3. The Hall–Kier alpha value is -2.77. The van der Waals surface area contributed by atoms with Crippen molar-refractivity contribution < 1.29 is 4.42 Å². The highest BCUT2D eigenvalue weighted by molar-refractivity contribution is 7.17. The summed E-state index contributed by atoms with van der Waals surface area (Å²) in [6.07, 6.45) is 5.91. The van der Waals surface area contributed by atoms with E-state index < -0.39 is 0 Å². The fourth-order valence-electron chi connectivity index (χ4n) is 5.35. The van der Waals surface area contributed by atoms with Gasteiger partial charge in [0.1, 0.15) is 5.82 Å².